The topological polar surface area (TPSA) is 37.8 Å². The summed E-state index contributed by atoms with van der Waals surface area (Å²) in [4.78, 5) is 0. The summed E-state index contributed by atoms with van der Waals surface area (Å²) in [6.45, 7) is 6.53. The van der Waals surface area contributed by atoms with E-state index in [9.17, 15) is 0 Å². The Balaban J connectivity index is 2.12. The van der Waals surface area contributed by atoms with Crippen molar-refractivity contribution in [3.63, 3.8) is 0 Å². The second-order valence-corrected chi connectivity index (χ2v) is 4.86. The summed E-state index contributed by atoms with van der Waals surface area (Å²) in [7, 11) is 0. The fourth-order valence-corrected chi connectivity index (χ4v) is 2.49. The van der Waals surface area contributed by atoms with Crippen LogP contribution in [0.15, 0.2) is 0 Å². The van der Waals surface area contributed by atoms with Crippen LogP contribution in [0, 0.1) is 0 Å². The number of hydrogen-bond acceptors (Lipinski definition) is 4. The van der Waals surface area contributed by atoms with Gasteiger partial charge in [0.2, 0.25) is 0 Å². The molecule has 1 unspecified atom stereocenters. The van der Waals surface area contributed by atoms with E-state index in [0.717, 1.165) is 13.1 Å². The molecule has 2 rings (SSSR count). The first-order valence-corrected chi connectivity index (χ1v) is 5.63. The Morgan fingerprint density at radius 2 is 2.31 bits per heavy atom. The predicted octanol–water partition coefficient (Wildman–Crippen LogP) is 1.74. The minimum absolute atomic E-state index is 0.514. The van der Waals surface area contributed by atoms with E-state index in [1.54, 1.807) is 11.3 Å². The van der Waals surface area contributed by atoms with E-state index < -0.39 is 0 Å². The van der Waals surface area contributed by atoms with Crippen molar-refractivity contribution < 1.29 is 0 Å². The smallest absolute Gasteiger partial charge is 0.121 e. The van der Waals surface area contributed by atoms with E-state index in [-0.39, 0.29) is 0 Å². The summed E-state index contributed by atoms with van der Waals surface area (Å²) in [5.41, 5.74) is 0. The van der Waals surface area contributed by atoms with Gasteiger partial charge < -0.3 is 5.32 Å². The van der Waals surface area contributed by atoms with E-state index >= 15 is 0 Å². The molecule has 0 bridgehead atoms. The number of nitrogens with zero attached hydrogens (tertiary/aromatic N) is 2. The summed E-state index contributed by atoms with van der Waals surface area (Å²) in [6, 6.07) is 0. The van der Waals surface area contributed by atoms with Crippen molar-refractivity contribution in [1.29, 1.82) is 0 Å². The molecule has 0 amide bonds. The van der Waals surface area contributed by atoms with Crippen LogP contribution in [0.1, 0.15) is 42.1 Å². The molecule has 1 atom stereocenters. The van der Waals surface area contributed by atoms with Crippen LogP contribution in [0.25, 0.3) is 0 Å². The van der Waals surface area contributed by atoms with Gasteiger partial charge in [-0.25, -0.2) is 0 Å². The Kier molecular flexibility index (Phi) is 2.60. The van der Waals surface area contributed by atoms with Gasteiger partial charge in [-0.3, -0.25) is 0 Å². The van der Waals surface area contributed by atoms with E-state index in [0.29, 0.717) is 11.8 Å². The molecule has 0 aromatic carbocycles. The lowest BCUT2D eigenvalue weighted by atomic mass is 10.1. The molecule has 4 heteroatoms. The lowest BCUT2D eigenvalue weighted by molar-refractivity contribution is 0.734. The molecule has 1 fully saturated rings. The molecule has 1 aromatic heterocycles. The third-order valence-electron chi connectivity index (χ3n) is 2.36. The zero-order valence-corrected chi connectivity index (χ0v) is 8.90. The quantitative estimate of drug-likeness (QED) is 0.784. The van der Waals surface area contributed by atoms with Crippen molar-refractivity contribution in [1.82, 2.24) is 15.5 Å². The first-order chi connectivity index (χ1) is 6.27. The molecule has 1 aromatic rings. The second kappa shape index (κ2) is 3.72. The molecule has 0 spiro atoms. The minimum atomic E-state index is 0.514. The highest BCUT2D eigenvalue weighted by Gasteiger charge is 2.21. The molecule has 2 heterocycles. The molecule has 0 saturated carbocycles. The first-order valence-electron chi connectivity index (χ1n) is 4.81. The van der Waals surface area contributed by atoms with Crippen LogP contribution in [0.5, 0.6) is 0 Å². The van der Waals surface area contributed by atoms with E-state index in [1.165, 1.54) is 16.4 Å². The van der Waals surface area contributed by atoms with Crippen LogP contribution in [0.3, 0.4) is 0 Å². The van der Waals surface area contributed by atoms with Gasteiger partial charge in [0.25, 0.3) is 0 Å². The van der Waals surface area contributed by atoms with Crippen molar-refractivity contribution in [2.24, 2.45) is 0 Å². The highest BCUT2D eigenvalue weighted by Crippen LogP contribution is 2.28. The first kappa shape index (κ1) is 9.09. The van der Waals surface area contributed by atoms with Crippen LogP contribution in [-0.2, 0) is 0 Å². The Bertz CT molecular complexity index is 276. The van der Waals surface area contributed by atoms with Crippen molar-refractivity contribution in [3.05, 3.63) is 10.0 Å². The standard InChI is InChI=1S/C9H15N3S/c1-6(2)8-11-12-9(13-8)7-3-4-10-5-7/h6-7,10H,3-5H2,1-2H3. The maximum atomic E-state index is 4.25. The monoisotopic (exact) mass is 197 g/mol. The fourth-order valence-electron chi connectivity index (χ4n) is 1.51. The Morgan fingerprint density at radius 3 is 2.85 bits per heavy atom. The predicted molar refractivity (Wildman–Crippen MR) is 54.2 cm³/mol. The second-order valence-electron chi connectivity index (χ2n) is 3.82. The molecule has 1 saturated heterocycles. The van der Waals surface area contributed by atoms with Gasteiger partial charge in [0.05, 0.1) is 0 Å². The highest BCUT2D eigenvalue weighted by atomic mass is 32.1. The van der Waals surface area contributed by atoms with Crippen molar-refractivity contribution in [2.75, 3.05) is 13.1 Å². The van der Waals surface area contributed by atoms with Gasteiger partial charge in [0, 0.05) is 18.4 Å². The highest BCUT2D eigenvalue weighted by molar-refractivity contribution is 7.11. The van der Waals surface area contributed by atoms with E-state index in [4.69, 9.17) is 0 Å². The molecule has 1 aliphatic heterocycles. The van der Waals surface area contributed by atoms with Gasteiger partial charge in [-0.05, 0) is 13.0 Å². The molecule has 0 radical (unpaired) electrons. The van der Waals surface area contributed by atoms with Gasteiger partial charge >= 0.3 is 0 Å². The Morgan fingerprint density at radius 1 is 1.46 bits per heavy atom. The Labute approximate surface area is 82.6 Å². The van der Waals surface area contributed by atoms with Crippen LogP contribution in [0.2, 0.25) is 0 Å². The largest absolute Gasteiger partial charge is 0.316 e. The average Bonchev–Trinajstić information content (AvgIpc) is 2.75. The van der Waals surface area contributed by atoms with Gasteiger partial charge in [-0.2, -0.15) is 0 Å². The van der Waals surface area contributed by atoms with Crippen LogP contribution in [-0.4, -0.2) is 23.3 Å². The van der Waals surface area contributed by atoms with Crippen LogP contribution in [0.4, 0.5) is 0 Å². The van der Waals surface area contributed by atoms with E-state index in [2.05, 4.69) is 29.4 Å². The SMILES string of the molecule is CC(C)c1nnc(C2CCNC2)s1. The van der Waals surface area contributed by atoms with Gasteiger partial charge in [0.1, 0.15) is 10.0 Å². The number of aromatic nitrogens is 2. The molecule has 1 aliphatic rings. The van der Waals surface area contributed by atoms with E-state index in [1.807, 2.05) is 0 Å². The lowest BCUT2D eigenvalue weighted by Crippen LogP contribution is -2.07. The molecule has 72 valence electrons. The third-order valence-corrected chi connectivity index (χ3v) is 3.75. The van der Waals surface area contributed by atoms with Crippen LogP contribution >= 0.6 is 11.3 Å². The fraction of sp³-hybridized carbons (Fsp3) is 0.778. The van der Waals surface area contributed by atoms with Crippen molar-refractivity contribution in [2.45, 2.75) is 32.1 Å². The molecule has 1 N–H and O–H groups in total. The summed E-state index contributed by atoms with van der Waals surface area (Å²) in [5, 5.41) is 14.2. The van der Waals surface area contributed by atoms with Crippen molar-refractivity contribution >= 4 is 11.3 Å². The number of hydrogen-bond donors (Lipinski definition) is 1. The van der Waals surface area contributed by atoms with Crippen LogP contribution < -0.4 is 5.32 Å². The molecular formula is C9H15N3S. The maximum absolute atomic E-state index is 4.25. The normalized spacial score (nSPS) is 22.8. The summed E-state index contributed by atoms with van der Waals surface area (Å²) >= 11 is 1.78. The lowest BCUT2D eigenvalue weighted by Gasteiger charge is -2.00. The molecule has 13 heavy (non-hydrogen) atoms. The van der Waals surface area contributed by atoms with Gasteiger partial charge in [-0.15, -0.1) is 21.5 Å². The molecular weight excluding hydrogens is 182 g/mol. The summed E-state index contributed by atoms with van der Waals surface area (Å²) < 4.78 is 0. The molecule has 3 nitrogen and oxygen atoms in total. The zero-order chi connectivity index (χ0) is 9.26. The average molecular weight is 197 g/mol. The molecule has 0 aliphatic carbocycles. The Hall–Kier alpha value is -0.480. The van der Waals surface area contributed by atoms with Gasteiger partial charge in [0.15, 0.2) is 0 Å². The van der Waals surface area contributed by atoms with Gasteiger partial charge in [-0.1, -0.05) is 13.8 Å². The summed E-state index contributed by atoms with van der Waals surface area (Å²) in [5.74, 6) is 1.13. The summed E-state index contributed by atoms with van der Waals surface area (Å²) in [6.07, 6.45) is 1.22. The zero-order valence-electron chi connectivity index (χ0n) is 8.08. The minimum Gasteiger partial charge on any atom is -0.316 e. The number of nitrogens with one attached hydrogen (secondary N) is 1. The maximum Gasteiger partial charge on any atom is 0.121 e. The van der Waals surface area contributed by atoms with Crippen molar-refractivity contribution in [3.8, 4) is 0 Å². The number of rotatable bonds is 2. The third kappa shape index (κ3) is 1.89.